The first kappa shape index (κ1) is 17.6. The second kappa shape index (κ2) is 7.75. The molecule has 0 bridgehead atoms. The lowest BCUT2D eigenvalue weighted by Crippen LogP contribution is -2.33. The van der Waals surface area contributed by atoms with E-state index in [1.165, 1.54) is 0 Å². The van der Waals surface area contributed by atoms with E-state index >= 15 is 0 Å². The second-order valence-corrected chi connectivity index (χ2v) is 6.91. The van der Waals surface area contributed by atoms with E-state index in [1.807, 2.05) is 49.5 Å². The first-order valence-corrected chi connectivity index (χ1v) is 9.07. The molecule has 0 aliphatic rings. The predicted molar refractivity (Wildman–Crippen MR) is 104 cm³/mol. The van der Waals surface area contributed by atoms with Crippen molar-refractivity contribution in [3.8, 4) is 0 Å². The SMILES string of the molecule is CC[C@@H](C)NC(=O)C[C@@H](c1ccc(Cl)cc1)c1c[nH]c2ccccc12. The number of halogens is 1. The number of H-pyrrole nitrogens is 1. The van der Waals surface area contributed by atoms with E-state index in [4.69, 9.17) is 11.6 Å². The van der Waals surface area contributed by atoms with Gasteiger partial charge in [0, 0.05) is 40.5 Å². The fraction of sp³-hybridized carbons (Fsp3) is 0.286. The highest BCUT2D eigenvalue weighted by Gasteiger charge is 2.22. The van der Waals surface area contributed by atoms with E-state index in [0.29, 0.717) is 11.4 Å². The number of aromatic nitrogens is 1. The fourth-order valence-corrected chi connectivity index (χ4v) is 3.23. The first-order valence-electron chi connectivity index (χ1n) is 8.69. The zero-order valence-electron chi connectivity index (χ0n) is 14.6. The number of amides is 1. The molecule has 2 aromatic carbocycles. The van der Waals surface area contributed by atoms with Gasteiger partial charge in [0.1, 0.15) is 0 Å². The fourth-order valence-electron chi connectivity index (χ4n) is 3.11. The lowest BCUT2D eigenvalue weighted by Gasteiger charge is -2.19. The van der Waals surface area contributed by atoms with Gasteiger partial charge >= 0.3 is 0 Å². The highest BCUT2D eigenvalue weighted by molar-refractivity contribution is 6.30. The number of carbonyl (C=O) groups excluding carboxylic acids is 1. The van der Waals surface area contributed by atoms with E-state index < -0.39 is 0 Å². The molecule has 1 heterocycles. The Labute approximate surface area is 153 Å². The van der Waals surface area contributed by atoms with Gasteiger partial charge < -0.3 is 10.3 Å². The minimum absolute atomic E-state index is 0.0162. The van der Waals surface area contributed by atoms with E-state index in [-0.39, 0.29) is 17.9 Å². The molecular formula is C21H23ClN2O. The quantitative estimate of drug-likeness (QED) is 0.623. The summed E-state index contributed by atoms with van der Waals surface area (Å²) >= 11 is 6.04. The highest BCUT2D eigenvalue weighted by atomic mass is 35.5. The summed E-state index contributed by atoms with van der Waals surface area (Å²) < 4.78 is 0. The number of rotatable bonds is 6. The molecular weight excluding hydrogens is 332 g/mol. The normalized spacial score (nSPS) is 13.6. The van der Waals surface area contributed by atoms with Crippen molar-refractivity contribution in [1.29, 1.82) is 0 Å². The molecule has 130 valence electrons. The molecule has 4 heteroatoms. The molecule has 3 aromatic rings. The molecule has 0 spiro atoms. The third-order valence-corrected chi connectivity index (χ3v) is 4.93. The van der Waals surface area contributed by atoms with E-state index in [9.17, 15) is 4.79 Å². The third kappa shape index (κ3) is 4.05. The highest BCUT2D eigenvalue weighted by Crippen LogP contribution is 2.33. The van der Waals surface area contributed by atoms with Crippen molar-refractivity contribution >= 4 is 28.4 Å². The Bertz CT molecular complexity index is 854. The minimum Gasteiger partial charge on any atom is -0.361 e. The summed E-state index contributed by atoms with van der Waals surface area (Å²) in [5.74, 6) is 0.0528. The first-order chi connectivity index (χ1) is 12.1. The van der Waals surface area contributed by atoms with Crippen molar-refractivity contribution in [3.63, 3.8) is 0 Å². The summed E-state index contributed by atoms with van der Waals surface area (Å²) in [4.78, 5) is 15.9. The molecule has 2 N–H and O–H groups in total. The maximum atomic E-state index is 12.5. The van der Waals surface area contributed by atoms with Crippen LogP contribution < -0.4 is 5.32 Å². The molecule has 3 rings (SSSR count). The molecule has 3 nitrogen and oxygen atoms in total. The topological polar surface area (TPSA) is 44.9 Å². The third-order valence-electron chi connectivity index (χ3n) is 4.68. The number of benzene rings is 2. The zero-order valence-corrected chi connectivity index (χ0v) is 15.3. The van der Waals surface area contributed by atoms with Crippen LogP contribution in [-0.4, -0.2) is 16.9 Å². The van der Waals surface area contributed by atoms with Gasteiger partial charge in [-0.05, 0) is 42.7 Å². The maximum Gasteiger partial charge on any atom is 0.221 e. The molecule has 1 amide bonds. The van der Waals surface area contributed by atoms with E-state index in [2.05, 4.69) is 29.4 Å². The number of nitrogens with one attached hydrogen (secondary N) is 2. The number of fused-ring (bicyclic) bond motifs is 1. The van der Waals surface area contributed by atoms with Gasteiger partial charge in [-0.15, -0.1) is 0 Å². The van der Waals surface area contributed by atoms with Crippen LogP contribution in [-0.2, 0) is 4.79 Å². The number of hydrogen-bond donors (Lipinski definition) is 2. The van der Waals surface area contributed by atoms with E-state index in [1.54, 1.807) is 0 Å². The van der Waals surface area contributed by atoms with Crippen molar-refractivity contribution in [2.75, 3.05) is 0 Å². The van der Waals surface area contributed by atoms with Gasteiger partial charge in [-0.2, -0.15) is 0 Å². The van der Waals surface area contributed by atoms with Gasteiger partial charge in [-0.25, -0.2) is 0 Å². The van der Waals surface area contributed by atoms with Gasteiger partial charge in [0.05, 0.1) is 0 Å². The van der Waals surface area contributed by atoms with Crippen LogP contribution in [0.25, 0.3) is 10.9 Å². The summed E-state index contributed by atoms with van der Waals surface area (Å²) in [6.07, 6.45) is 3.35. The van der Waals surface area contributed by atoms with Crippen LogP contribution in [0.4, 0.5) is 0 Å². The molecule has 0 saturated carbocycles. The second-order valence-electron chi connectivity index (χ2n) is 6.47. The standard InChI is InChI=1S/C21H23ClN2O/c1-3-14(2)24-21(25)12-18(15-8-10-16(22)11-9-15)19-13-23-20-7-5-4-6-17(19)20/h4-11,13-14,18,23H,3,12H2,1-2H3,(H,24,25)/t14-,18+/m1/s1. The smallest absolute Gasteiger partial charge is 0.221 e. The van der Waals surface area contributed by atoms with Crippen LogP contribution in [0, 0.1) is 0 Å². The minimum atomic E-state index is -0.0162. The molecule has 0 aliphatic heterocycles. The summed E-state index contributed by atoms with van der Waals surface area (Å²) in [5, 5.41) is 4.93. The molecule has 1 aromatic heterocycles. The Morgan fingerprint density at radius 3 is 2.60 bits per heavy atom. The number of hydrogen-bond acceptors (Lipinski definition) is 1. The van der Waals surface area contributed by atoms with Crippen molar-refractivity contribution in [2.45, 2.75) is 38.6 Å². The van der Waals surface area contributed by atoms with Gasteiger partial charge in [0.15, 0.2) is 0 Å². The Morgan fingerprint density at radius 2 is 1.88 bits per heavy atom. The van der Waals surface area contributed by atoms with Crippen LogP contribution >= 0.6 is 11.6 Å². The van der Waals surface area contributed by atoms with Gasteiger partial charge in [-0.3, -0.25) is 4.79 Å². The molecule has 2 atom stereocenters. The van der Waals surface area contributed by atoms with Crippen molar-refractivity contribution in [2.24, 2.45) is 0 Å². The van der Waals surface area contributed by atoms with Gasteiger partial charge in [0.25, 0.3) is 0 Å². The maximum absolute atomic E-state index is 12.5. The van der Waals surface area contributed by atoms with Crippen LogP contribution in [0.3, 0.4) is 0 Å². The average molecular weight is 355 g/mol. The lowest BCUT2D eigenvalue weighted by molar-refractivity contribution is -0.121. The molecule has 0 radical (unpaired) electrons. The molecule has 0 saturated heterocycles. The summed E-state index contributed by atoms with van der Waals surface area (Å²) in [6.45, 7) is 4.10. The predicted octanol–water partition coefficient (Wildman–Crippen LogP) is 5.26. The number of para-hydroxylation sites is 1. The van der Waals surface area contributed by atoms with Crippen LogP contribution in [0.2, 0.25) is 5.02 Å². The Morgan fingerprint density at radius 1 is 1.16 bits per heavy atom. The summed E-state index contributed by atoms with van der Waals surface area (Å²) in [5.41, 5.74) is 3.31. The number of aromatic amines is 1. The monoisotopic (exact) mass is 354 g/mol. The Kier molecular flexibility index (Phi) is 5.44. The summed E-state index contributed by atoms with van der Waals surface area (Å²) in [6, 6.07) is 16.1. The van der Waals surface area contributed by atoms with Crippen LogP contribution in [0.1, 0.15) is 43.7 Å². The van der Waals surface area contributed by atoms with Crippen LogP contribution in [0.5, 0.6) is 0 Å². The molecule has 0 unspecified atom stereocenters. The Hall–Kier alpha value is -2.26. The molecule has 25 heavy (non-hydrogen) atoms. The van der Waals surface area contributed by atoms with Gasteiger partial charge in [-0.1, -0.05) is 48.9 Å². The van der Waals surface area contributed by atoms with Crippen molar-refractivity contribution in [3.05, 3.63) is 70.9 Å². The Balaban J connectivity index is 1.97. The van der Waals surface area contributed by atoms with Gasteiger partial charge in [0.2, 0.25) is 5.91 Å². The average Bonchev–Trinajstić information content (AvgIpc) is 3.04. The summed E-state index contributed by atoms with van der Waals surface area (Å²) in [7, 11) is 0. The largest absolute Gasteiger partial charge is 0.361 e. The lowest BCUT2D eigenvalue weighted by atomic mass is 9.88. The van der Waals surface area contributed by atoms with E-state index in [0.717, 1.165) is 28.5 Å². The zero-order chi connectivity index (χ0) is 17.8. The number of carbonyl (C=O) groups is 1. The van der Waals surface area contributed by atoms with Crippen molar-refractivity contribution in [1.82, 2.24) is 10.3 Å². The van der Waals surface area contributed by atoms with Crippen molar-refractivity contribution < 1.29 is 4.79 Å². The molecule has 0 aliphatic carbocycles. The molecule has 0 fully saturated rings. The van der Waals surface area contributed by atoms with Crippen LogP contribution in [0.15, 0.2) is 54.7 Å².